The zero-order valence-electron chi connectivity index (χ0n) is 15.5. The molecule has 1 aliphatic heterocycles. The third kappa shape index (κ3) is 5.63. The van der Waals surface area contributed by atoms with Crippen LogP contribution < -0.4 is 10.6 Å². The summed E-state index contributed by atoms with van der Waals surface area (Å²) in [7, 11) is 0. The number of anilines is 2. The van der Waals surface area contributed by atoms with E-state index in [0.29, 0.717) is 0 Å². The highest BCUT2D eigenvalue weighted by atomic mass is 32.2. The van der Waals surface area contributed by atoms with Gasteiger partial charge in [0.2, 0.25) is 0 Å². The van der Waals surface area contributed by atoms with E-state index in [1.54, 1.807) is 11.8 Å². The number of amidine groups is 2. The number of rotatable bonds is 6. The predicted molar refractivity (Wildman–Crippen MR) is 114 cm³/mol. The Labute approximate surface area is 160 Å². The second-order valence-electron chi connectivity index (χ2n) is 6.30. The first-order chi connectivity index (χ1) is 12.7. The Morgan fingerprint density at radius 2 is 1.69 bits per heavy atom. The summed E-state index contributed by atoms with van der Waals surface area (Å²) in [4.78, 5) is 11.4. The highest BCUT2D eigenvalue weighted by molar-refractivity contribution is 7.99. The van der Waals surface area contributed by atoms with Gasteiger partial charge in [-0.1, -0.05) is 18.7 Å². The zero-order valence-corrected chi connectivity index (χ0v) is 16.3. The molecule has 0 unspecified atom stereocenters. The average Bonchev–Trinajstić information content (AvgIpc) is 3.16. The maximum atomic E-state index is 4.46. The van der Waals surface area contributed by atoms with Crippen molar-refractivity contribution in [2.45, 2.75) is 42.9 Å². The van der Waals surface area contributed by atoms with Crippen molar-refractivity contribution in [2.24, 2.45) is 9.98 Å². The van der Waals surface area contributed by atoms with Crippen molar-refractivity contribution in [1.29, 1.82) is 0 Å². The van der Waals surface area contributed by atoms with Gasteiger partial charge in [-0.2, -0.15) is 0 Å². The molecule has 2 aromatic carbocycles. The van der Waals surface area contributed by atoms with Gasteiger partial charge in [-0.25, -0.2) is 0 Å². The van der Waals surface area contributed by atoms with E-state index in [0.717, 1.165) is 55.4 Å². The van der Waals surface area contributed by atoms with Crippen molar-refractivity contribution < 1.29 is 0 Å². The van der Waals surface area contributed by atoms with Crippen molar-refractivity contribution in [3.8, 4) is 0 Å². The highest BCUT2D eigenvalue weighted by Crippen LogP contribution is 2.29. The van der Waals surface area contributed by atoms with Gasteiger partial charge in [0, 0.05) is 40.7 Å². The summed E-state index contributed by atoms with van der Waals surface area (Å²) in [5.41, 5.74) is 2.18. The van der Waals surface area contributed by atoms with Crippen molar-refractivity contribution >= 4 is 34.8 Å². The molecule has 0 aromatic heterocycles. The van der Waals surface area contributed by atoms with Gasteiger partial charge in [-0.15, -0.1) is 0 Å². The zero-order chi connectivity index (χ0) is 18.2. The molecule has 1 aliphatic rings. The number of benzene rings is 2. The van der Waals surface area contributed by atoms with Crippen molar-refractivity contribution in [2.75, 3.05) is 23.7 Å². The van der Waals surface area contributed by atoms with Crippen LogP contribution in [0.3, 0.4) is 0 Å². The van der Waals surface area contributed by atoms with Gasteiger partial charge in [-0.05, 0) is 68.3 Å². The maximum absolute atomic E-state index is 4.46. The van der Waals surface area contributed by atoms with Gasteiger partial charge >= 0.3 is 0 Å². The first kappa shape index (κ1) is 18.5. The quantitative estimate of drug-likeness (QED) is 0.510. The number of aliphatic imine (C=N–C) groups is 2. The predicted octanol–water partition coefficient (Wildman–Crippen LogP) is 5.68. The average molecular weight is 367 g/mol. The third-order valence-corrected chi connectivity index (χ3v) is 5.02. The molecule has 0 aliphatic carbocycles. The molecule has 0 spiro atoms. The molecular formula is C21H26N4S. The van der Waals surface area contributed by atoms with Gasteiger partial charge in [0.25, 0.3) is 0 Å². The summed E-state index contributed by atoms with van der Waals surface area (Å²) >= 11 is 1.76. The van der Waals surface area contributed by atoms with E-state index in [-0.39, 0.29) is 0 Å². The number of hydrogen-bond acceptors (Lipinski definition) is 4. The summed E-state index contributed by atoms with van der Waals surface area (Å²) in [6.07, 6.45) is 3.28. The summed E-state index contributed by atoms with van der Waals surface area (Å²) in [5, 5.41) is 6.72. The minimum atomic E-state index is 0.866. The van der Waals surface area contributed by atoms with Crippen LogP contribution in [0.15, 0.2) is 68.3 Å². The van der Waals surface area contributed by atoms with Crippen LogP contribution >= 0.6 is 11.8 Å². The normalized spacial score (nSPS) is 14.2. The van der Waals surface area contributed by atoms with E-state index in [1.165, 1.54) is 9.79 Å². The fourth-order valence-corrected chi connectivity index (χ4v) is 3.50. The number of nitrogens with zero attached hydrogens (tertiary/aromatic N) is 2. The molecular weight excluding hydrogens is 340 g/mol. The van der Waals surface area contributed by atoms with Crippen LogP contribution in [0.25, 0.3) is 0 Å². The fourth-order valence-electron chi connectivity index (χ4n) is 2.68. The third-order valence-electron chi connectivity index (χ3n) is 4.01. The van der Waals surface area contributed by atoms with Crippen LogP contribution in [0.1, 0.15) is 33.1 Å². The van der Waals surface area contributed by atoms with Crippen LogP contribution in [0.5, 0.6) is 0 Å². The van der Waals surface area contributed by atoms with E-state index in [4.69, 9.17) is 0 Å². The smallest absolute Gasteiger partial charge is 0.101 e. The molecule has 0 amide bonds. The number of nitrogens with one attached hydrogen (secondary N) is 2. The largest absolute Gasteiger partial charge is 0.344 e. The van der Waals surface area contributed by atoms with Gasteiger partial charge in [-0.3, -0.25) is 9.98 Å². The van der Waals surface area contributed by atoms with E-state index >= 15 is 0 Å². The highest BCUT2D eigenvalue weighted by Gasteiger charge is 2.06. The first-order valence-electron chi connectivity index (χ1n) is 9.19. The molecule has 2 N–H and O–H groups in total. The molecule has 5 heteroatoms. The Morgan fingerprint density at radius 1 is 1.04 bits per heavy atom. The van der Waals surface area contributed by atoms with E-state index in [2.05, 4.69) is 76.1 Å². The van der Waals surface area contributed by atoms with Crippen LogP contribution in [0, 0.1) is 0 Å². The SMILES string of the molecule is CCCN=C(C)Nc1ccc(Sc2ccc(NC3=NCCC3)cc2)cc1. The lowest BCUT2D eigenvalue weighted by Crippen LogP contribution is -2.07. The molecule has 0 fully saturated rings. The summed E-state index contributed by atoms with van der Waals surface area (Å²) < 4.78 is 0. The second-order valence-corrected chi connectivity index (χ2v) is 7.45. The summed E-state index contributed by atoms with van der Waals surface area (Å²) in [6.45, 7) is 5.95. The lowest BCUT2D eigenvalue weighted by Gasteiger charge is -2.08. The molecule has 3 rings (SSSR count). The first-order valence-corrected chi connectivity index (χ1v) is 10.0. The van der Waals surface area contributed by atoms with Gasteiger partial charge < -0.3 is 10.6 Å². The molecule has 136 valence electrons. The van der Waals surface area contributed by atoms with Crippen molar-refractivity contribution in [3.05, 3.63) is 48.5 Å². The van der Waals surface area contributed by atoms with Crippen molar-refractivity contribution in [3.63, 3.8) is 0 Å². The summed E-state index contributed by atoms with van der Waals surface area (Å²) in [5.74, 6) is 2.06. The topological polar surface area (TPSA) is 48.8 Å². The minimum absolute atomic E-state index is 0.866. The fraction of sp³-hybridized carbons (Fsp3) is 0.333. The molecule has 0 saturated carbocycles. The van der Waals surface area contributed by atoms with E-state index < -0.39 is 0 Å². The monoisotopic (exact) mass is 366 g/mol. The molecule has 2 aromatic rings. The standard InChI is InChI=1S/C21H26N4S/c1-3-14-22-16(2)24-17-6-10-19(11-7-17)26-20-12-8-18(9-13-20)25-21-5-4-15-23-21/h6-13H,3-5,14-15H2,1-2H3,(H,22,24)(H,23,25). The van der Waals surface area contributed by atoms with Gasteiger partial charge in [0.05, 0.1) is 5.84 Å². The molecule has 0 atom stereocenters. The molecule has 4 nitrogen and oxygen atoms in total. The van der Waals surface area contributed by atoms with Crippen LogP contribution in [-0.4, -0.2) is 24.8 Å². The summed E-state index contributed by atoms with van der Waals surface area (Å²) in [6, 6.07) is 17.0. The van der Waals surface area contributed by atoms with Gasteiger partial charge in [0.1, 0.15) is 5.84 Å². The molecule has 26 heavy (non-hydrogen) atoms. The molecule has 1 heterocycles. The van der Waals surface area contributed by atoms with Crippen LogP contribution in [-0.2, 0) is 0 Å². The Balaban J connectivity index is 1.55. The minimum Gasteiger partial charge on any atom is -0.344 e. The van der Waals surface area contributed by atoms with Crippen LogP contribution in [0.2, 0.25) is 0 Å². The molecule has 0 saturated heterocycles. The lowest BCUT2D eigenvalue weighted by atomic mass is 10.3. The number of hydrogen-bond donors (Lipinski definition) is 2. The van der Waals surface area contributed by atoms with E-state index in [1.807, 2.05) is 6.92 Å². The Bertz CT molecular complexity index is 764. The molecule has 0 radical (unpaired) electrons. The lowest BCUT2D eigenvalue weighted by molar-refractivity contribution is 0.931. The van der Waals surface area contributed by atoms with E-state index in [9.17, 15) is 0 Å². The van der Waals surface area contributed by atoms with Crippen LogP contribution in [0.4, 0.5) is 11.4 Å². The second kappa shape index (κ2) is 9.43. The molecule has 0 bridgehead atoms. The Kier molecular flexibility index (Phi) is 6.72. The van der Waals surface area contributed by atoms with Crippen molar-refractivity contribution in [1.82, 2.24) is 0 Å². The van der Waals surface area contributed by atoms with Gasteiger partial charge in [0.15, 0.2) is 0 Å². The Morgan fingerprint density at radius 3 is 2.27 bits per heavy atom. The maximum Gasteiger partial charge on any atom is 0.101 e. The Hall–Kier alpha value is -2.27.